The minimum Gasteiger partial charge on any atom is -0.389 e. The maximum Gasteiger partial charge on any atom is 0.123 e. The van der Waals surface area contributed by atoms with Gasteiger partial charge < -0.3 is 9.84 Å². The van der Waals surface area contributed by atoms with Crippen molar-refractivity contribution in [2.75, 3.05) is 19.8 Å². The Balaban J connectivity index is 1.99. The molecule has 0 saturated heterocycles. The van der Waals surface area contributed by atoms with Crippen LogP contribution < -0.4 is 0 Å². The average molecular weight is 359 g/mol. The largest absolute Gasteiger partial charge is 0.389 e. The van der Waals surface area contributed by atoms with Gasteiger partial charge in [-0.1, -0.05) is 55.8 Å². The molecule has 4 heteroatoms. The molecule has 1 unspecified atom stereocenters. The van der Waals surface area contributed by atoms with Crippen LogP contribution in [-0.2, 0) is 17.8 Å². The van der Waals surface area contributed by atoms with Crippen molar-refractivity contribution in [2.45, 2.75) is 40.0 Å². The number of rotatable bonds is 10. The van der Waals surface area contributed by atoms with E-state index < -0.39 is 6.10 Å². The van der Waals surface area contributed by atoms with Crippen molar-refractivity contribution in [3.05, 3.63) is 71.0 Å². The summed E-state index contributed by atoms with van der Waals surface area (Å²) in [4.78, 5) is 2.17. The van der Waals surface area contributed by atoms with E-state index in [9.17, 15) is 9.50 Å². The maximum absolute atomic E-state index is 13.2. The first-order valence-electron chi connectivity index (χ1n) is 9.20. The summed E-state index contributed by atoms with van der Waals surface area (Å²) in [5.74, 6) is 0.214. The van der Waals surface area contributed by atoms with Gasteiger partial charge >= 0.3 is 0 Å². The summed E-state index contributed by atoms with van der Waals surface area (Å²) in [6.07, 6.45) is -0.556. The molecule has 2 aromatic carbocycles. The Kier molecular flexibility index (Phi) is 8.23. The van der Waals surface area contributed by atoms with Gasteiger partial charge in [0.2, 0.25) is 0 Å². The lowest BCUT2D eigenvalue weighted by Crippen LogP contribution is -2.34. The van der Waals surface area contributed by atoms with E-state index in [1.54, 1.807) is 12.1 Å². The van der Waals surface area contributed by atoms with Gasteiger partial charge in [0.15, 0.2) is 0 Å². The molecule has 0 aliphatic rings. The normalized spacial score (nSPS) is 12.7. The minimum atomic E-state index is -0.556. The molecule has 0 radical (unpaired) electrons. The molecule has 0 saturated carbocycles. The summed E-state index contributed by atoms with van der Waals surface area (Å²) >= 11 is 0. The summed E-state index contributed by atoms with van der Waals surface area (Å²) < 4.78 is 18.7. The molecule has 2 rings (SSSR count). The number of halogens is 1. The molecule has 1 N–H and O–H groups in total. The second kappa shape index (κ2) is 10.4. The molecular weight excluding hydrogens is 329 g/mol. The number of nitrogens with zero attached hydrogens (tertiary/aromatic N) is 1. The van der Waals surface area contributed by atoms with Crippen molar-refractivity contribution in [1.82, 2.24) is 4.90 Å². The third kappa shape index (κ3) is 7.65. The van der Waals surface area contributed by atoms with Crippen molar-refractivity contribution in [2.24, 2.45) is 5.92 Å². The van der Waals surface area contributed by atoms with Gasteiger partial charge in [0.25, 0.3) is 0 Å². The number of benzene rings is 2. The smallest absolute Gasteiger partial charge is 0.123 e. The second-order valence-corrected chi connectivity index (χ2v) is 7.37. The van der Waals surface area contributed by atoms with E-state index in [2.05, 4.69) is 49.9 Å². The zero-order valence-corrected chi connectivity index (χ0v) is 16.0. The predicted molar refractivity (Wildman–Crippen MR) is 103 cm³/mol. The van der Waals surface area contributed by atoms with Gasteiger partial charge in [0.1, 0.15) is 5.82 Å². The molecule has 3 nitrogen and oxygen atoms in total. The molecule has 0 heterocycles. The zero-order valence-electron chi connectivity index (χ0n) is 16.0. The van der Waals surface area contributed by atoms with Crippen molar-refractivity contribution >= 4 is 0 Å². The lowest BCUT2D eigenvalue weighted by atomic mass is 10.1. The standard InChI is InChI=1S/C22H30FNO2/c1-17(2)15-26-16-22(25)14-24(12-19-6-4-18(3)5-7-19)13-20-8-10-21(23)11-9-20/h4-11,17,22,25H,12-16H2,1-3H3. The fourth-order valence-corrected chi connectivity index (χ4v) is 2.78. The molecule has 26 heavy (non-hydrogen) atoms. The first kappa shape index (κ1) is 20.6. The number of hydrogen-bond acceptors (Lipinski definition) is 3. The lowest BCUT2D eigenvalue weighted by molar-refractivity contribution is 0.00554. The number of aryl methyl sites for hydroxylation is 1. The molecule has 142 valence electrons. The van der Waals surface area contributed by atoms with E-state index in [0.717, 1.165) is 12.1 Å². The molecule has 0 aliphatic carbocycles. The Hall–Kier alpha value is -1.75. The van der Waals surface area contributed by atoms with Crippen molar-refractivity contribution in [3.63, 3.8) is 0 Å². The van der Waals surface area contributed by atoms with Gasteiger partial charge in [0, 0.05) is 26.2 Å². The molecule has 1 atom stereocenters. The first-order valence-corrected chi connectivity index (χ1v) is 9.20. The third-order valence-electron chi connectivity index (χ3n) is 4.08. The number of aliphatic hydroxyl groups excluding tert-OH is 1. The summed E-state index contributed by atoms with van der Waals surface area (Å²) in [6.45, 7) is 9.09. The van der Waals surface area contributed by atoms with Crippen molar-refractivity contribution in [3.8, 4) is 0 Å². The van der Waals surface area contributed by atoms with Crippen LogP contribution in [0, 0.1) is 18.7 Å². The van der Waals surface area contributed by atoms with Gasteiger partial charge in [-0.2, -0.15) is 0 Å². The topological polar surface area (TPSA) is 32.7 Å². The molecule has 0 aliphatic heterocycles. The van der Waals surface area contributed by atoms with Crippen LogP contribution in [0.3, 0.4) is 0 Å². The summed E-state index contributed by atoms with van der Waals surface area (Å²) in [5, 5.41) is 10.4. The molecule has 0 aromatic heterocycles. The zero-order chi connectivity index (χ0) is 18.9. The van der Waals surface area contributed by atoms with Crippen LogP contribution in [0.1, 0.15) is 30.5 Å². The quantitative estimate of drug-likeness (QED) is 0.691. The Morgan fingerprint density at radius 2 is 1.46 bits per heavy atom. The average Bonchev–Trinajstić information content (AvgIpc) is 2.58. The Morgan fingerprint density at radius 3 is 2.00 bits per heavy atom. The van der Waals surface area contributed by atoms with Gasteiger partial charge in [-0.3, -0.25) is 4.90 Å². The van der Waals surface area contributed by atoms with Gasteiger partial charge in [-0.05, 0) is 36.1 Å². The summed E-state index contributed by atoms with van der Waals surface area (Å²) in [6, 6.07) is 14.9. The van der Waals surface area contributed by atoms with E-state index in [1.807, 2.05) is 0 Å². The minimum absolute atomic E-state index is 0.235. The van der Waals surface area contributed by atoms with Crippen LogP contribution in [0.5, 0.6) is 0 Å². The van der Waals surface area contributed by atoms with Crippen LogP contribution in [0.2, 0.25) is 0 Å². The number of hydrogen-bond donors (Lipinski definition) is 1. The predicted octanol–water partition coefficient (Wildman–Crippen LogP) is 4.17. The highest BCUT2D eigenvalue weighted by atomic mass is 19.1. The maximum atomic E-state index is 13.2. The van der Waals surface area contributed by atoms with Crippen LogP contribution in [0.25, 0.3) is 0 Å². The lowest BCUT2D eigenvalue weighted by Gasteiger charge is -2.25. The van der Waals surface area contributed by atoms with E-state index >= 15 is 0 Å². The highest BCUT2D eigenvalue weighted by molar-refractivity contribution is 5.22. The molecular formula is C22H30FNO2. The summed E-state index contributed by atoms with van der Waals surface area (Å²) in [5.41, 5.74) is 3.43. The van der Waals surface area contributed by atoms with Crippen LogP contribution in [0.15, 0.2) is 48.5 Å². The summed E-state index contributed by atoms with van der Waals surface area (Å²) in [7, 11) is 0. The van der Waals surface area contributed by atoms with Crippen LogP contribution in [0.4, 0.5) is 4.39 Å². The molecule has 0 fully saturated rings. The van der Waals surface area contributed by atoms with Crippen molar-refractivity contribution < 1.29 is 14.2 Å². The Morgan fingerprint density at radius 1 is 0.923 bits per heavy atom. The van der Waals surface area contributed by atoms with E-state index in [0.29, 0.717) is 32.2 Å². The van der Waals surface area contributed by atoms with E-state index in [1.165, 1.54) is 23.3 Å². The number of ether oxygens (including phenoxy) is 1. The van der Waals surface area contributed by atoms with Crippen molar-refractivity contribution in [1.29, 1.82) is 0 Å². The van der Waals surface area contributed by atoms with E-state index in [4.69, 9.17) is 4.74 Å². The Bertz CT molecular complexity index is 593. The van der Waals surface area contributed by atoms with E-state index in [-0.39, 0.29) is 5.82 Å². The Labute approximate surface area is 156 Å². The molecule has 2 aromatic rings. The highest BCUT2D eigenvalue weighted by Crippen LogP contribution is 2.13. The molecule has 0 bridgehead atoms. The van der Waals surface area contributed by atoms with Gasteiger partial charge in [0.05, 0.1) is 12.7 Å². The highest BCUT2D eigenvalue weighted by Gasteiger charge is 2.14. The van der Waals surface area contributed by atoms with Crippen LogP contribution >= 0.6 is 0 Å². The molecule has 0 amide bonds. The fourth-order valence-electron chi connectivity index (χ4n) is 2.78. The number of aliphatic hydroxyl groups is 1. The monoisotopic (exact) mass is 359 g/mol. The first-order chi connectivity index (χ1) is 12.4. The SMILES string of the molecule is Cc1ccc(CN(Cc2ccc(F)cc2)CC(O)COCC(C)C)cc1. The van der Waals surface area contributed by atoms with Gasteiger partial charge in [-0.25, -0.2) is 4.39 Å². The third-order valence-corrected chi connectivity index (χ3v) is 4.08. The van der Waals surface area contributed by atoms with Gasteiger partial charge in [-0.15, -0.1) is 0 Å². The second-order valence-electron chi connectivity index (χ2n) is 7.37. The van der Waals surface area contributed by atoms with Crippen LogP contribution in [-0.4, -0.2) is 35.9 Å². The fraction of sp³-hybridized carbons (Fsp3) is 0.455. The molecule has 0 spiro atoms.